The highest BCUT2D eigenvalue weighted by atomic mass is 32.1. The Kier molecular flexibility index (Phi) is 1.78. The van der Waals surface area contributed by atoms with E-state index in [2.05, 4.69) is 11.2 Å². The van der Waals surface area contributed by atoms with Crippen molar-refractivity contribution in [3.05, 3.63) is 17.8 Å². The summed E-state index contributed by atoms with van der Waals surface area (Å²) in [5.74, 6) is 2.27. The zero-order chi connectivity index (χ0) is 6.69. The van der Waals surface area contributed by atoms with E-state index in [1.165, 1.54) is 0 Å². The van der Waals surface area contributed by atoms with E-state index in [1.807, 2.05) is 6.08 Å². The maximum atomic E-state index is 6.78. The van der Waals surface area contributed by atoms with Crippen molar-refractivity contribution in [2.45, 2.75) is 6.42 Å². The van der Waals surface area contributed by atoms with Gasteiger partial charge in [-0.05, 0) is 12.1 Å². The molecule has 0 radical (unpaired) electrons. The van der Waals surface area contributed by atoms with E-state index in [4.69, 9.17) is 17.6 Å². The third-order valence-electron chi connectivity index (χ3n) is 1.08. The van der Waals surface area contributed by atoms with Crippen LogP contribution in [0.3, 0.4) is 0 Å². The minimum atomic E-state index is 0.618. The molecule has 0 spiro atoms. The first-order valence-corrected chi connectivity index (χ1v) is 3.00. The number of hydrogen-bond donors (Lipinski definition) is 2. The smallest absolute Gasteiger partial charge is 0.116 e. The first-order chi connectivity index (χ1) is 4.34. The van der Waals surface area contributed by atoms with Crippen LogP contribution in [-0.4, -0.2) is 10.9 Å². The molecule has 1 aliphatic heterocycles. The summed E-state index contributed by atoms with van der Waals surface area (Å²) < 4.78 is 0. The Bertz CT molecular complexity index is 211. The first kappa shape index (κ1) is 6.20. The minimum absolute atomic E-state index is 0.618. The summed E-state index contributed by atoms with van der Waals surface area (Å²) in [4.78, 5) is 0.618. The summed E-state index contributed by atoms with van der Waals surface area (Å²) >= 11 is 4.84. The summed E-state index contributed by atoms with van der Waals surface area (Å²) in [6, 6.07) is 0. The SMILES string of the molecule is N=C=C1CC=CNC1=S. The Morgan fingerprint density at radius 3 is 3.00 bits per heavy atom. The van der Waals surface area contributed by atoms with Crippen LogP contribution in [0.25, 0.3) is 0 Å². The number of allylic oxidation sites excluding steroid dienone is 1. The second-order valence-corrected chi connectivity index (χ2v) is 2.09. The van der Waals surface area contributed by atoms with Gasteiger partial charge in [-0.2, -0.15) is 0 Å². The van der Waals surface area contributed by atoms with Crippen LogP contribution in [0, 0.1) is 5.41 Å². The molecule has 1 rings (SSSR count). The highest BCUT2D eigenvalue weighted by Gasteiger charge is 2.03. The third kappa shape index (κ3) is 1.25. The van der Waals surface area contributed by atoms with Crippen molar-refractivity contribution in [3.63, 3.8) is 0 Å². The van der Waals surface area contributed by atoms with Gasteiger partial charge in [0.25, 0.3) is 0 Å². The lowest BCUT2D eigenvalue weighted by Crippen LogP contribution is -2.20. The highest BCUT2D eigenvalue weighted by Crippen LogP contribution is 2.03. The maximum absolute atomic E-state index is 6.78. The second kappa shape index (κ2) is 2.58. The molecule has 46 valence electrons. The molecular formula is C6H6N2S. The Labute approximate surface area is 58.8 Å². The van der Waals surface area contributed by atoms with Gasteiger partial charge in [-0.3, -0.25) is 5.41 Å². The van der Waals surface area contributed by atoms with E-state index < -0.39 is 0 Å². The van der Waals surface area contributed by atoms with Gasteiger partial charge in [0.2, 0.25) is 0 Å². The monoisotopic (exact) mass is 138 g/mol. The summed E-state index contributed by atoms with van der Waals surface area (Å²) in [6.45, 7) is 0. The fourth-order valence-electron chi connectivity index (χ4n) is 0.599. The van der Waals surface area contributed by atoms with Crippen LogP contribution >= 0.6 is 12.2 Å². The van der Waals surface area contributed by atoms with Crippen LogP contribution in [0.15, 0.2) is 17.8 Å². The molecule has 0 bridgehead atoms. The van der Waals surface area contributed by atoms with Crippen LogP contribution < -0.4 is 5.32 Å². The molecule has 2 N–H and O–H groups in total. The van der Waals surface area contributed by atoms with Crippen LogP contribution in [0.2, 0.25) is 0 Å². The van der Waals surface area contributed by atoms with E-state index >= 15 is 0 Å². The first-order valence-electron chi connectivity index (χ1n) is 2.59. The maximum Gasteiger partial charge on any atom is 0.116 e. The molecule has 0 unspecified atom stereocenters. The normalized spacial score (nSPS) is 16.9. The molecule has 0 aromatic heterocycles. The molecule has 3 heteroatoms. The molecule has 0 aromatic carbocycles. The molecular weight excluding hydrogens is 132 g/mol. The van der Waals surface area contributed by atoms with Crippen molar-refractivity contribution in [2.24, 2.45) is 0 Å². The predicted molar refractivity (Wildman–Crippen MR) is 40.7 cm³/mol. The van der Waals surface area contributed by atoms with Gasteiger partial charge >= 0.3 is 0 Å². The second-order valence-electron chi connectivity index (χ2n) is 1.68. The van der Waals surface area contributed by atoms with Crippen molar-refractivity contribution < 1.29 is 0 Å². The number of nitrogens with one attached hydrogen (secondary N) is 2. The van der Waals surface area contributed by atoms with Gasteiger partial charge in [-0.25, -0.2) is 0 Å². The summed E-state index contributed by atoms with van der Waals surface area (Å²) in [5, 5.41) is 9.59. The molecule has 0 aromatic rings. The number of hydrogen-bond acceptors (Lipinski definition) is 2. The fourth-order valence-corrected chi connectivity index (χ4v) is 0.801. The van der Waals surface area contributed by atoms with Crippen LogP contribution in [0.1, 0.15) is 6.42 Å². The molecule has 1 heterocycles. The summed E-state index contributed by atoms with van der Waals surface area (Å²) in [7, 11) is 0. The van der Waals surface area contributed by atoms with Crippen LogP contribution in [0.4, 0.5) is 0 Å². The highest BCUT2D eigenvalue weighted by molar-refractivity contribution is 7.80. The van der Waals surface area contributed by atoms with Crippen molar-refractivity contribution in [1.29, 1.82) is 5.41 Å². The number of thiocarbonyl (C=S) groups is 1. The summed E-state index contributed by atoms with van der Waals surface area (Å²) in [6.07, 6.45) is 4.42. The fraction of sp³-hybridized carbons (Fsp3) is 0.167. The molecule has 0 amide bonds. The molecule has 0 saturated carbocycles. The Morgan fingerprint density at radius 1 is 1.78 bits per heavy atom. The largest absolute Gasteiger partial charge is 0.352 e. The van der Waals surface area contributed by atoms with Gasteiger partial charge in [-0.15, -0.1) is 0 Å². The zero-order valence-electron chi connectivity index (χ0n) is 4.77. The molecule has 0 fully saturated rings. The van der Waals surface area contributed by atoms with Gasteiger partial charge in [0.05, 0.1) is 5.57 Å². The van der Waals surface area contributed by atoms with E-state index in [0.29, 0.717) is 4.99 Å². The third-order valence-corrected chi connectivity index (χ3v) is 1.44. The molecule has 0 atom stereocenters. The van der Waals surface area contributed by atoms with Gasteiger partial charge in [-0.1, -0.05) is 18.3 Å². The molecule has 2 nitrogen and oxygen atoms in total. The summed E-state index contributed by atoms with van der Waals surface area (Å²) in [5.41, 5.74) is 0.757. The van der Waals surface area contributed by atoms with Gasteiger partial charge in [0.1, 0.15) is 4.99 Å². The number of rotatable bonds is 0. The van der Waals surface area contributed by atoms with Crippen LogP contribution in [0.5, 0.6) is 0 Å². The van der Waals surface area contributed by atoms with Gasteiger partial charge in [0.15, 0.2) is 0 Å². The molecule has 0 aliphatic carbocycles. The van der Waals surface area contributed by atoms with Crippen molar-refractivity contribution >= 4 is 23.1 Å². The Balaban J connectivity index is 2.88. The Morgan fingerprint density at radius 2 is 2.56 bits per heavy atom. The molecule has 0 saturated heterocycles. The van der Waals surface area contributed by atoms with E-state index in [9.17, 15) is 0 Å². The van der Waals surface area contributed by atoms with Crippen LogP contribution in [-0.2, 0) is 0 Å². The van der Waals surface area contributed by atoms with Gasteiger partial charge < -0.3 is 5.32 Å². The molecule has 1 aliphatic rings. The van der Waals surface area contributed by atoms with Gasteiger partial charge in [0, 0.05) is 6.42 Å². The van der Waals surface area contributed by atoms with E-state index in [-0.39, 0.29) is 0 Å². The topological polar surface area (TPSA) is 35.9 Å². The lowest BCUT2D eigenvalue weighted by atomic mass is 10.2. The lowest BCUT2D eigenvalue weighted by Gasteiger charge is -2.07. The zero-order valence-corrected chi connectivity index (χ0v) is 5.59. The van der Waals surface area contributed by atoms with Crippen molar-refractivity contribution in [2.75, 3.05) is 0 Å². The average Bonchev–Trinajstić information content (AvgIpc) is 1.89. The Hall–Kier alpha value is -0.920. The standard InChI is InChI=1S/C6H6N2S/c7-4-5-2-1-3-8-6(5)9/h1,3,7H,2H2,(H,8,9). The van der Waals surface area contributed by atoms with E-state index in [0.717, 1.165) is 12.0 Å². The lowest BCUT2D eigenvalue weighted by molar-refractivity contribution is 1.17. The minimum Gasteiger partial charge on any atom is -0.352 e. The average molecular weight is 138 g/mol. The predicted octanol–water partition coefficient (Wildman–Crippen LogP) is 0.996. The molecule has 9 heavy (non-hydrogen) atoms. The quantitative estimate of drug-likeness (QED) is 0.297. The van der Waals surface area contributed by atoms with E-state index in [1.54, 1.807) is 6.20 Å². The van der Waals surface area contributed by atoms with Crippen molar-refractivity contribution in [1.82, 2.24) is 5.32 Å². The van der Waals surface area contributed by atoms with Crippen molar-refractivity contribution in [3.8, 4) is 0 Å².